The number of piperidine rings is 1. The van der Waals surface area contributed by atoms with Crippen molar-refractivity contribution >= 4 is 11.3 Å². The van der Waals surface area contributed by atoms with Gasteiger partial charge in [-0.1, -0.05) is 5.16 Å². The molecule has 0 N–H and O–H groups in total. The van der Waals surface area contributed by atoms with E-state index in [1.807, 2.05) is 11.3 Å². The molecule has 5 nitrogen and oxygen atoms in total. The molecule has 1 atom stereocenters. The van der Waals surface area contributed by atoms with E-state index in [4.69, 9.17) is 9.26 Å². The third-order valence-electron chi connectivity index (χ3n) is 4.64. The second-order valence-corrected chi connectivity index (χ2v) is 7.35. The lowest BCUT2D eigenvalue weighted by Crippen LogP contribution is -2.32. The van der Waals surface area contributed by atoms with E-state index in [9.17, 15) is 0 Å². The zero-order valence-electron chi connectivity index (χ0n) is 12.6. The molecule has 4 heterocycles. The molecule has 0 radical (unpaired) electrons. The molecular formula is C16H21N3O2S. The van der Waals surface area contributed by atoms with Gasteiger partial charge < -0.3 is 9.26 Å². The molecule has 0 spiro atoms. The van der Waals surface area contributed by atoms with Crippen molar-refractivity contribution in [2.24, 2.45) is 0 Å². The molecule has 2 fully saturated rings. The molecule has 0 saturated carbocycles. The highest BCUT2D eigenvalue weighted by Crippen LogP contribution is 2.34. The van der Waals surface area contributed by atoms with Gasteiger partial charge in [0.2, 0.25) is 6.39 Å². The van der Waals surface area contributed by atoms with Gasteiger partial charge in [-0.15, -0.1) is 11.3 Å². The van der Waals surface area contributed by atoms with Gasteiger partial charge in [0.1, 0.15) is 0 Å². The molecule has 2 aromatic heterocycles. The standard InChI is InChI=1S/C16H21N3O2S/c1-2-14(20-9-1)15-4-3-13(22-15)10-19-7-5-12(6-8-19)16-17-11-21-18-16/h3-4,11-12,14H,1-2,5-10H2/t14-/m0/s1. The maximum absolute atomic E-state index is 5.77. The van der Waals surface area contributed by atoms with Crippen molar-refractivity contribution in [1.29, 1.82) is 0 Å². The molecule has 6 heteroatoms. The number of hydrogen-bond acceptors (Lipinski definition) is 6. The van der Waals surface area contributed by atoms with E-state index in [1.54, 1.807) is 0 Å². The lowest BCUT2D eigenvalue weighted by Gasteiger charge is -2.30. The Hall–Kier alpha value is -1.24. The lowest BCUT2D eigenvalue weighted by molar-refractivity contribution is 0.114. The van der Waals surface area contributed by atoms with E-state index in [-0.39, 0.29) is 0 Å². The molecule has 2 aliphatic rings. The van der Waals surface area contributed by atoms with E-state index in [0.717, 1.165) is 44.9 Å². The predicted molar refractivity (Wildman–Crippen MR) is 83.8 cm³/mol. The zero-order valence-corrected chi connectivity index (χ0v) is 13.4. The highest BCUT2D eigenvalue weighted by Gasteiger charge is 2.24. The van der Waals surface area contributed by atoms with Crippen LogP contribution in [0.25, 0.3) is 0 Å². The Kier molecular flexibility index (Phi) is 4.23. The van der Waals surface area contributed by atoms with Crippen LogP contribution in [0.3, 0.4) is 0 Å². The van der Waals surface area contributed by atoms with Crippen LogP contribution in [0.4, 0.5) is 0 Å². The van der Waals surface area contributed by atoms with E-state index in [1.165, 1.54) is 29.0 Å². The predicted octanol–water partition coefficient (Wildman–Crippen LogP) is 3.36. The number of likely N-dealkylation sites (tertiary alicyclic amines) is 1. The number of nitrogens with zero attached hydrogens (tertiary/aromatic N) is 3. The number of aromatic nitrogens is 2. The average Bonchev–Trinajstić information content (AvgIpc) is 3.30. The highest BCUT2D eigenvalue weighted by molar-refractivity contribution is 7.12. The molecule has 0 amide bonds. The summed E-state index contributed by atoms with van der Waals surface area (Å²) in [6.45, 7) is 4.18. The summed E-state index contributed by atoms with van der Waals surface area (Å²) in [5, 5.41) is 3.98. The Balaban J connectivity index is 1.31. The minimum absolute atomic E-state index is 0.350. The second-order valence-electron chi connectivity index (χ2n) is 6.15. The molecule has 0 bridgehead atoms. The van der Waals surface area contributed by atoms with Crippen LogP contribution in [-0.4, -0.2) is 34.7 Å². The molecule has 2 aromatic rings. The van der Waals surface area contributed by atoms with Gasteiger partial charge in [-0.05, 0) is 50.9 Å². The van der Waals surface area contributed by atoms with Crippen LogP contribution in [0.1, 0.15) is 53.3 Å². The molecule has 2 aliphatic heterocycles. The third-order valence-corrected chi connectivity index (χ3v) is 5.80. The first-order chi connectivity index (χ1) is 10.9. The Morgan fingerprint density at radius 1 is 1.23 bits per heavy atom. The van der Waals surface area contributed by atoms with Crippen molar-refractivity contribution < 1.29 is 9.26 Å². The molecule has 22 heavy (non-hydrogen) atoms. The third kappa shape index (κ3) is 3.09. The summed E-state index contributed by atoms with van der Waals surface area (Å²) in [5.41, 5.74) is 0. The summed E-state index contributed by atoms with van der Waals surface area (Å²) in [5.74, 6) is 1.33. The van der Waals surface area contributed by atoms with Gasteiger partial charge >= 0.3 is 0 Å². The van der Waals surface area contributed by atoms with Crippen LogP contribution in [0, 0.1) is 0 Å². The van der Waals surface area contributed by atoms with E-state index >= 15 is 0 Å². The lowest BCUT2D eigenvalue weighted by atomic mass is 9.96. The van der Waals surface area contributed by atoms with Gasteiger partial charge in [-0.3, -0.25) is 4.90 Å². The van der Waals surface area contributed by atoms with Crippen LogP contribution in [0.15, 0.2) is 23.0 Å². The van der Waals surface area contributed by atoms with Crippen molar-refractivity contribution in [3.63, 3.8) is 0 Å². The maximum atomic E-state index is 5.77. The van der Waals surface area contributed by atoms with Gasteiger partial charge in [0.05, 0.1) is 6.10 Å². The van der Waals surface area contributed by atoms with Gasteiger partial charge in [0, 0.05) is 28.8 Å². The normalized spacial score (nSPS) is 24.1. The van der Waals surface area contributed by atoms with Crippen LogP contribution >= 0.6 is 11.3 Å². The van der Waals surface area contributed by atoms with E-state index < -0.39 is 0 Å². The summed E-state index contributed by atoms with van der Waals surface area (Å²) in [6, 6.07) is 4.52. The summed E-state index contributed by atoms with van der Waals surface area (Å²) in [4.78, 5) is 9.56. The summed E-state index contributed by atoms with van der Waals surface area (Å²) < 4.78 is 10.6. The zero-order chi connectivity index (χ0) is 14.8. The van der Waals surface area contributed by atoms with E-state index in [0.29, 0.717) is 12.0 Å². The monoisotopic (exact) mass is 319 g/mol. The molecular weight excluding hydrogens is 298 g/mol. The average molecular weight is 319 g/mol. The van der Waals surface area contributed by atoms with Gasteiger partial charge in [0.15, 0.2) is 5.82 Å². The van der Waals surface area contributed by atoms with Crippen molar-refractivity contribution in [3.05, 3.63) is 34.1 Å². The fourth-order valence-electron chi connectivity index (χ4n) is 3.38. The van der Waals surface area contributed by atoms with Crippen LogP contribution < -0.4 is 0 Å². The van der Waals surface area contributed by atoms with Crippen LogP contribution in [0.5, 0.6) is 0 Å². The number of thiophene rings is 1. The molecule has 118 valence electrons. The molecule has 0 aliphatic carbocycles. The molecule has 0 unspecified atom stereocenters. The smallest absolute Gasteiger partial charge is 0.213 e. The largest absolute Gasteiger partial charge is 0.373 e. The quantitative estimate of drug-likeness (QED) is 0.865. The second kappa shape index (κ2) is 6.48. The Morgan fingerprint density at radius 3 is 2.86 bits per heavy atom. The van der Waals surface area contributed by atoms with Gasteiger partial charge in [-0.2, -0.15) is 4.98 Å². The van der Waals surface area contributed by atoms with Crippen molar-refractivity contribution in [2.75, 3.05) is 19.7 Å². The number of ether oxygens (including phenoxy) is 1. The molecule has 0 aromatic carbocycles. The van der Waals surface area contributed by atoms with Gasteiger partial charge in [-0.25, -0.2) is 0 Å². The first-order valence-electron chi connectivity index (χ1n) is 8.07. The minimum atomic E-state index is 0.350. The first-order valence-corrected chi connectivity index (χ1v) is 8.89. The number of rotatable bonds is 4. The fourth-order valence-corrected chi connectivity index (χ4v) is 4.52. The topological polar surface area (TPSA) is 51.4 Å². The summed E-state index contributed by atoms with van der Waals surface area (Å²) in [7, 11) is 0. The van der Waals surface area contributed by atoms with Crippen LogP contribution in [0.2, 0.25) is 0 Å². The summed E-state index contributed by atoms with van der Waals surface area (Å²) >= 11 is 1.92. The number of hydrogen-bond donors (Lipinski definition) is 0. The van der Waals surface area contributed by atoms with E-state index in [2.05, 4.69) is 27.2 Å². The van der Waals surface area contributed by atoms with Crippen LogP contribution in [-0.2, 0) is 11.3 Å². The fraction of sp³-hybridized carbons (Fsp3) is 0.625. The maximum Gasteiger partial charge on any atom is 0.213 e. The van der Waals surface area contributed by atoms with Crippen molar-refractivity contribution in [2.45, 2.75) is 44.2 Å². The van der Waals surface area contributed by atoms with Gasteiger partial charge in [0.25, 0.3) is 0 Å². The Labute approximate surface area is 134 Å². The Bertz CT molecular complexity index is 584. The van der Waals surface area contributed by atoms with Crippen molar-refractivity contribution in [1.82, 2.24) is 15.0 Å². The molecule has 4 rings (SSSR count). The minimum Gasteiger partial charge on any atom is -0.373 e. The molecule has 2 saturated heterocycles. The SMILES string of the molecule is c1nc(C2CCN(Cc3ccc([C@@H]4CCCO4)s3)CC2)no1. The highest BCUT2D eigenvalue weighted by atomic mass is 32.1. The Morgan fingerprint density at radius 2 is 2.14 bits per heavy atom. The first kappa shape index (κ1) is 14.4. The summed E-state index contributed by atoms with van der Waals surface area (Å²) in [6.07, 6.45) is 6.38. The van der Waals surface area contributed by atoms with Crippen molar-refractivity contribution in [3.8, 4) is 0 Å².